The van der Waals surface area contributed by atoms with Crippen LogP contribution in [0.5, 0.6) is 0 Å². The van der Waals surface area contributed by atoms with Crippen LogP contribution < -0.4 is 10.9 Å². The lowest BCUT2D eigenvalue weighted by atomic mass is 10.1. The number of pyridine rings is 1. The van der Waals surface area contributed by atoms with Crippen molar-refractivity contribution in [2.75, 3.05) is 39.4 Å². The predicted octanol–water partition coefficient (Wildman–Crippen LogP) is 0.748. The zero-order valence-electron chi connectivity index (χ0n) is 11.5. The van der Waals surface area contributed by atoms with Gasteiger partial charge < -0.3 is 15.0 Å². The third-order valence-corrected chi connectivity index (χ3v) is 3.49. The van der Waals surface area contributed by atoms with Crippen LogP contribution >= 0.6 is 0 Å². The van der Waals surface area contributed by atoms with E-state index in [4.69, 9.17) is 4.74 Å². The van der Waals surface area contributed by atoms with Crippen LogP contribution in [-0.2, 0) is 4.74 Å². The molecule has 0 radical (unpaired) electrons. The number of hydrogen-bond acceptors (Lipinski definition) is 4. The second-order valence-corrected chi connectivity index (χ2v) is 4.97. The summed E-state index contributed by atoms with van der Waals surface area (Å²) in [7, 11) is 0. The van der Waals surface area contributed by atoms with E-state index in [-0.39, 0.29) is 11.6 Å². The van der Waals surface area contributed by atoms with E-state index in [0.717, 1.165) is 51.4 Å². The van der Waals surface area contributed by atoms with E-state index in [1.54, 1.807) is 12.3 Å². The van der Waals surface area contributed by atoms with Crippen LogP contribution in [0.4, 0.5) is 0 Å². The molecule has 1 aliphatic heterocycles. The van der Waals surface area contributed by atoms with Gasteiger partial charge in [-0.25, -0.2) is 0 Å². The number of hydrogen-bond donors (Lipinski definition) is 2. The molecule has 5 heteroatoms. The molecule has 1 saturated heterocycles. The van der Waals surface area contributed by atoms with Crippen LogP contribution in [0.15, 0.2) is 23.1 Å². The fourth-order valence-corrected chi connectivity index (χ4v) is 2.31. The van der Waals surface area contributed by atoms with Gasteiger partial charge in [-0.05, 0) is 25.0 Å². The normalized spacial score (nSPS) is 19.0. The van der Waals surface area contributed by atoms with E-state index in [1.807, 2.05) is 6.07 Å². The van der Waals surface area contributed by atoms with Gasteiger partial charge in [0.1, 0.15) is 0 Å². The second-order valence-electron chi connectivity index (χ2n) is 4.97. The topological polar surface area (TPSA) is 57.4 Å². The standard InChI is InChI=1S/C14H23N3O2/c1-12(13-3-4-16-14(18)11-13)15-5-7-17-6-2-9-19-10-8-17/h3-4,11-12,15H,2,5-10H2,1H3,(H,16,18). The molecule has 1 aromatic heterocycles. The second kappa shape index (κ2) is 7.43. The summed E-state index contributed by atoms with van der Waals surface area (Å²) in [5.41, 5.74) is 0.985. The lowest BCUT2D eigenvalue weighted by molar-refractivity contribution is 0.141. The van der Waals surface area contributed by atoms with Gasteiger partial charge in [0, 0.05) is 51.1 Å². The molecule has 19 heavy (non-hydrogen) atoms. The Balaban J connectivity index is 1.74. The van der Waals surface area contributed by atoms with E-state index in [1.165, 1.54) is 0 Å². The highest BCUT2D eigenvalue weighted by atomic mass is 16.5. The lowest BCUT2D eigenvalue weighted by Crippen LogP contribution is -2.34. The van der Waals surface area contributed by atoms with Crippen molar-refractivity contribution in [1.29, 1.82) is 0 Å². The first-order valence-corrected chi connectivity index (χ1v) is 6.98. The van der Waals surface area contributed by atoms with Crippen molar-refractivity contribution < 1.29 is 4.74 Å². The van der Waals surface area contributed by atoms with Gasteiger partial charge in [0.2, 0.25) is 5.56 Å². The summed E-state index contributed by atoms with van der Waals surface area (Å²) in [6.07, 6.45) is 2.81. The molecule has 1 fully saturated rings. The minimum atomic E-state index is -0.0455. The number of ether oxygens (including phenoxy) is 1. The zero-order valence-corrected chi connectivity index (χ0v) is 11.5. The van der Waals surface area contributed by atoms with Crippen molar-refractivity contribution in [3.63, 3.8) is 0 Å². The van der Waals surface area contributed by atoms with Gasteiger partial charge in [-0.15, -0.1) is 0 Å². The summed E-state index contributed by atoms with van der Waals surface area (Å²) < 4.78 is 5.43. The van der Waals surface area contributed by atoms with Crippen LogP contribution in [0.1, 0.15) is 24.9 Å². The van der Waals surface area contributed by atoms with E-state index < -0.39 is 0 Å². The first-order chi connectivity index (χ1) is 9.25. The average Bonchev–Trinajstić information content (AvgIpc) is 2.67. The number of aromatic nitrogens is 1. The molecule has 5 nitrogen and oxygen atoms in total. The van der Waals surface area contributed by atoms with Gasteiger partial charge >= 0.3 is 0 Å². The molecule has 106 valence electrons. The molecule has 1 aromatic rings. The van der Waals surface area contributed by atoms with Crippen molar-refractivity contribution in [2.45, 2.75) is 19.4 Å². The van der Waals surface area contributed by atoms with Crippen molar-refractivity contribution in [3.8, 4) is 0 Å². The van der Waals surface area contributed by atoms with Crippen molar-refractivity contribution >= 4 is 0 Å². The molecule has 1 unspecified atom stereocenters. The monoisotopic (exact) mass is 265 g/mol. The molecule has 1 atom stereocenters. The van der Waals surface area contributed by atoms with E-state index in [0.29, 0.717) is 0 Å². The maximum Gasteiger partial charge on any atom is 0.248 e. The highest BCUT2D eigenvalue weighted by Gasteiger charge is 2.10. The Morgan fingerprint density at radius 3 is 3.21 bits per heavy atom. The summed E-state index contributed by atoms with van der Waals surface area (Å²) in [5.74, 6) is 0. The van der Waals surface area contributed by atoms with Gasteiger partial charge in [-0.3, -0.25) is 9.69 Å². The molecule has 2 heterocycles. The van der Waals surface area contributed by atoms with Gasteiger partial charge in [0.25, 0.3) is 0 Å². The van der Waals surface area contributed by atoms with Crippen LogP contribution in [-0.4, -0.2) is 49.3 Å². The molecule has 0 amide bonds. The fourth-order valence-electron chi connectivity index (χ4n) is 2.31. The largest absolute Gasteiger partial charge is 0.380 e. The highest BCUT2D eigenvalue weighted by molar-refractivity contribution is 5.14. The minimum absolute atomic E-state index is 0.0455. The quantitative estimate of drug-likeness (QED) is 0.825. The van der Waals surface area contributed by atoms with Crippen LogP contribution in [0.3, 0.4) is 0 Å². The third kappa shape index (κ3) is 4.78. The first-order valence-electron chi connectivity index (χ1n) is 6.98. The van der Waals surface area contributed by atoms with Crippen LogP contribution in [0.2, 0.25) is 0 Å². The fraction of sp³-hybridized carbons (Fsp3) is 0.643. The van der Waals surface area contributed by atoms with Gasteiger partial charge in [0.15, 0.2) is 0 Å². The molecule has 0 aromatic carbocycles. The Kier molecular flexibility index (Phi) is 5.57. The Morgan fingerprint density at radius 1 is 1.47 bits per heavy atom. The number of nitrogens with zero attached hydrogens (tertiary/aromatic N) is 1. The van der Waals surface area contributed by atoms with Crippen molar-refractivity contribution in [3.05, 3.63) is 34.2 Å². The minimum Gasteiger partial charge on any atom is -0.380 e. The summed E-state index contributed by atoms with van der Waals surface area (Å²) in [6.45, 7) is 7.88. The SMILES string of the molecule is CC(NCCN1CCCOCC1)c1cc[nH]c(=O)c1. The van der Waals surface area contributed by atoms with Gasteiger partial charge in [-0.1, -0.05) is 0 Å². The Hall–Kier alpha value is -1.17. The highest BCUT2D eigenvalue weighted by Crippen LogP contribution is 2.08. The lowest BCUT2D eigenvalue weighted by Gasteiger charge is -2.21. The average molecular weight is 265 g/mol. The molecular weight excluding hydrogens is 242 g/mol. The molecule has 1 aliphatic rings. The predicted molar refractivity (Wildman–Crippen MR) is 75.4 cm³/mol. The Labute approximate surface area is 114 Å². The maximum atomic E-state index is 11.2. The Bertz CT molecular complexity index is 425. The van der Waals surface area contributed by atoms with E-state index in [9.17, 15) is 4.79 Å². The zero-order chi connectivity index (χ0) is 13.5. The summed E-state index contributed by atoms with van der Waals surface area (Å²) in [5, 5.41) is 3.46. The molecular formula is C14H23N3O2. The summed E-state index contributed by atoms with van der Waals surface area (Å²) >= 11 is 0. The Morgan fingerprint density at radius 2 is 2.37 bits per heavy atom. The summed E-state index contributed by atoms with van der Waals surface area (Å²) in [6, 6.07) is 3.79. The molecule has 0 saturated carbocycles. The first kappa shape index (κ1) is 14.2. The number of rotatable bonds is 5. The maximum absolute atomic E-state index is 11.2. The molecule has 2 rings (SSSR count). The third-order valence-electron chi connectivity index (χ3n) is 3.49. The number of nitrogens with one attached hydrogen (secondary N) is 2. The smallest absolute Gasteiger partial charge is 0.248 e. The number of aromatic amines is 1. The van der Waals surface area contributed by atoms with Crippen molar-refractivity contribution in [1.82, 2.24) is 15.2 Å². The molecule has 2 N–H and O–H groups in total. The van der Waals surface area contributed by atoms with Gasteiger partial charge in [-0.2, -0.15) is 0 Å². The molecule has 0 aliphatic carbocycles. The molecule has 0 bridgehead atoms. The van der Waals surface area contributed by atoms with E-state index in [2.05, 4.69) is 22.1 Å². The van der Waals surface area contributed by atoms with E-state index >= 15 is 0 Å². The number of H-pyrrole nitrogens is 1. The van der Waals surface area contributed by atoms with Crippen LogP contribution in [0, 0.1) is 0 Å². The van der Waals surface area contributed by atoms with Crippen LogP contribution in [0.25, 0.3) is 0 Å². The van der Waals surface area contributed by atoms with Gasteiger partial charge in [0.05, 0.1) is 6.61 Å². The van der Waals surface area contributed by atoms with Crippen molar-refractivity contribution in [2.24, 2.45) is 0 Å². The molecule has 0 spiro atoms. The summed E-state index contributed by atoms with van der Waals surface area (Å²) in [4.78, 5) is 16.3.